The molecule has 0 atom stereocenters. The molecule has 1 N–H and O–H groups in total. The summed E-state index contributed by atoms with van der Waals surface area (Å²) in [7, 11) is 0. The average Bonchev–Trinajstić information content (AvgIpc) is 3.46. The summed E-state index contributed by atoms with van der Waals surface area (Å²) < 4.78 is 5.33. The lowest BCUT2D eigenvalue weighted by Gasteiger charge is -2.30. The van der Waals surface area contributed by atoms with Gasteiger partial charge in [-0.25, -0.2) is 9.97 Å². The van der Waals surface area contributed by atoms with Crippen molar-refractivity contribution in [1.29, 1.82) is 0 Å². The highest BCUT2D eigenvalue weighted by Crippen LogP contribution is 2.31. The Bertz CT molecular complexity index is 1300. The van der Waals surface area contributed by atoms with Gasteiger partial charge < -0.3 is 14.7 Å². The van der Waals surface area contributed by atoms with Crippen molar-refractivity contribution in [1.82, 2.24) is 25.4 Å². The number of hydrogen-bond donors (Lipinski definition) is 1. The van der Waals surface area contributed by atoms with Crippen molar-refractivity contribution >= 4 is 23.1 Å². The van der Waals surface area contributed by atoms with E-state index < -0.39 is 0 Å². The standard InChI is InChI=1S/C24H24N6O2S/c1-14-8-18(24(31)28-12-21-25-5-7-33-21)11-27-23(14)30-6-4-20-19(13-30)9-17(10-26-20)22-15(2)29-32-16(22)3/h5,7-11H,4,6,12-13H2,1-3H3,(H,28,31). The molecule has 5 heterocycles. The Morgan fingerprint density at radius 3 is 2.79 bits per heavy atom. The number of carbonyl (C=O) groups excluding carboxylic acids is 1. The second-order valence-corrected chi connectivity index (χ2v) is 9.15. The first-order valence-corrected chi connectivity index (χ1v) is 11.7. The number of nitrogens with zero attached hydrogens (tertiary/aromatic N) is 5. The Balaban J connectivity index is 1.34. The van der Waals surface area contributed by atoms with Crippen LogP contribution in [0.15, 0.2) is 40.6 Å². The maximum Gasteiger partial charge on any atom is 0.253 e. The molecule has 0 aromatic carbocycles. The third-order valence-electron chi connectivity index (χ3n) is 5.86. The third kappa shape index (κ3) is 4.23. The molecule has 0 spiro atoms. The van der Waals surface area contributed by atoms with E-state index in [4.69, 9.17) is 9.51 Å². The fraction of sp³-hybridized carbons (Fsp3) is 0.292. The van der Waals surface area contributed by atoms with Crippen molar-refractivity contribution in [2.45, 2.75) is 40.3 Å². The Kier molecular flexibility index (Phi) is 5.63. The predicted octanol–water partition coefficient (Wildman–Crippen LogP) is 4.01. The van der Waals surface area contributed by atoms with E-state index in [1.165, 1.54) is 16.9 Å². The van der Waals surface area contributed by atoms with E-state index in [9.17, 15) is 4.79 Å². The summed E-state index contributed by atoms with van der Waals surface area (Å²) in [4.78, 5) is 28.3. The van der Waals surface area contributed by atoms with Crippen molar-refractivity contribution in [3.8, 4) is 11.1 Å². The molecule has 0 bridgehead atoms. The number of nitrogens with one attached hydrogen (secondary N) is 1. The van der Waals surface area contributed by atoms with Crippen LogP contribution in [0.5, 0.6) is 0 Å². The number of fused-ring (bicyclic) bond motifs is 1. The number of pyridine rings is 2. The van der Waals surface area contributed by atoms with Crippen molar-refractivity contribution in [2.75, 3.05) is 11.4 Å². The topological polar surface area (TPSA) is 97.0 Å². The van der Waals surface area contributed by atoms with Gasteiger partial charge in [0.25, 0.3) is 5.91 Å². The summed E-state index contributed by atoms with van der Waals surface area (Å²) in [6.07, 6.45) is 6.13. The molecule has 4 aromatic rings. The molecule has 168 valence electrons. The Morgan fingerprint density at radius 2 is 2.06 bits per heavy atom. The van der Waals surface area contributed by atoms with E-state index in [-0.39, 0.29) is 5.91 Å². The highest BCUT2D eigenvalue weighted by Gasteiger charge is 2.22. The Hall–Kier alpha value is -3.59. The quantitative estimate of drug-likeness (QED) is 0.481. The summed E-state index contributed by atoms with van der Waals surface area (Å²) in [5.74, 6) is 1.53. The van der Waals surface area contributed by atoms with Crippen LogP contribution in [0.3, 0.4) is 0 Å². The lowest BCUT2D eigenvalue weighted by molar-refractivity contribution is 0.0950. The molecule has 4 aromatic heterocycles. The fourth-order valence-electron chi connectivity index (χ4n) is 4.26. The Labute approximate surface area is 195 Å². The zero-order valence-corrected chi connectivity index (χ0v) is 19.6. The summed E-state index contributed by atoms with van der Waals surface area (Å²) in [5.41, 5.74) is 6.68. The first kappa shape index (κ1) is 21.3. The van der Waals surface area contributed by atoms with Crippen molar-refractivity contribution in [3.63, 3.8) is 0 Å². The van der Waals surface area contributed by atoms with Crippen LogP contribution in [0.1, 0.15) is 43.6 Å². The molecule has 0 unspecified atom stereocenters. The monoisotopic (exact) mass is 460 g/mol. The van der Waals surface area contributed by atoms with Gasteiger partial charge >= 0.3 is 0 Å². The minimum Gasteiger partial charge on any atom is -0.361 e. The Morgan fingerprint density at radius 1 is 1.18 bits per heavy atom. The molecule has 0 radical (unpaired) electrons. The molecule has 1 amide bonds. The van der Waals surface area contributed by atoms with Crippen LogP contribution in [0.4, 0.5) is 5.82 Å². The average molecular weight is 461 g/mol. The van der Waals surface area contributed by atoms with Crippen LogP contribution in [0.25, 0.3) is 11.1 Å². The van der Waals surface area contributed by atoms with Gasteiger partial charge in [0.1, 0.15) is 16.6 Å². The summed E-state index contributed by atoms with van der Waals surface area (Å²) >= 11 is 1.52. The normalized spacial score (nSPS) is 13.1. The summed E-state index contributed by atoms with van der Waals surface area (Å²) in [6.45, 7) is 7.81. The van der Waals surface area contributed by atoms with E-state index in [1.54, 1.807) is 12.4 Å². The number of aromatic nitrogens is 4. The molecule has 9 heteroatoms. The minimum atomic E-state index is -0.148. The van der Waals surface area contributed by atoms with Gasteiger partial charge in [0.05, 0.1) is 17.8 Å². The van der Waals surface area contributed by atoms with Crippen LogP contribution in [-0.4, -0.2) is 32.6 Å². The van der Waals surface area contributed by atoms with Gasteiger partial charge in [-0.15, -0.1) is 11.3 Å². The minimum absolute atomic E-state index is 0.148. The maximum atomic E-state index is 12.5. The molecule has 0 saturated heterocycles. The predicted molar refractivity (Wildman–Crippen MR) is 126 cm³/mol. The number of amides is 1. The lowest BCUT2D eigenvalue weighted by atomic mass is 9.99. The van der Waals surface area contributed by atoms with Crippen molar-refractivity contribution in [2.24, 2.45) is 0 Å². The molecule has 1 aliphatic heterocycles. The van der Waals surface area contributed by atoms with Gasteiger partial charge in [-0.1, -0.05) is 5.16 Å². The molecule has 0 fully saturated rings. The van der Waals surface area contributed by atoms with Crippen LogP contribution in [-0.2, 0) is 19.5 Å². The molecule has 33 heavy (non-hydrogen) atoms. The number of thiazole rings is 1. The number of aryl methyl sites for hydroxylation is 3. The molecule has 0 saturated carbocycles. The number of carbonyl (C=O) groups is 1. The van der Waals surface area contributed by atoms with Crippen LogP contribution >= 0.6 is 11.3 Å². The van der Waals surface area contributed by atoms with E-state index >= 15 is 0 Å². The van der Waals surface area contributed by atoms with Crippen LogP contribution in [0, 0.1) is 20.8 Å². The van der Waals surface area contributed by atoms with Gasteiger partial charge in [0, 0.05) is 60.3 Å². The highest BCUT2D eigenvalue weighted by molar-refractivity contribution is 7.09. The molecule has 1 aliphatic rings. The van der Waals surface area contributed by atoms with E-state index in [1.807, 2.05) is 38.4 Å². The largest absolute Gasteiger partial charge is 0.361 e. The van der Waals surface area contributed by atoms with Gasteiger partial charge in [0.15, 0.2) is 0 Å². The second-order valence-electron chi connectivity index (χ2n) is 8.17. The molecule has 5 rings (SSSR count). The number of rotatable bonds is 5. The SMILES string of the molecule is Cc1cc(C(=O)NCc2nccs2)cnc1N1CCc2ncc(-c3c(C)noc3C)cc2C1. The van der Waals surface area contributed by atoms with Gasteiger partial charge in [0.2, 0.25) is 0 Å². The molecule has 0 aliphatic carbocycles. The smallest absolute Gasteiger partial charge is 0.253 e. The second kappa shape index (κ2) is 8.74. The van der Waals surface area contributed by atoms with Gasteiger partial charge in [-0.2, -0.15) is 0 Å². The van der Waals surface area contributed by atoms with E-state index in [2.05, 4.69) is 31.4 Å². The first-order chi connectivity index (χ1) is 16.0. The zero-order chi connectivity index (χ0) is 22.9. The van der Waals surface area contributed by atoms with E-state index in [0.717, 1.165) is 57.6 Å². The third-order valence-corrected chi connectivity index (χ3v) is 6.64. The lowest BCUT2D eigenvalue weighted by Crippen LogP contribution is -2.32. The van der Waals surface area contributed by atoms with Gasteiger partial charge in [-0.05, 0) is 44.0 Å². The zero-order valence-electron chi connectivity index (χ0n) is 18.8. The fourth-order valence-corrected chi connectivity index (χ4v) is 4.82. The maximum absolute atomic E-state index is 12.5. The van der Waals surface area contributed by atoms with Crippen LogP contribution in [0.2, 0.25) is 0 Å². The molecular weight excluding hydrogens is 436 g/mol. The van der Waals surface area contributed by atoms with Crippen molar-refractivity contribution in [3.05, 3.63) is 74.9 Å². The molecule has 8 nitrogen and oxygen atoms in total. The first-order valence-electron chi connectivity index (χ1n) is 10.8. The molecular formula is C24H24N6O2S. The number of hydrogen-bond acceptors (Lipinski definition) is 8. The van der Waals surface area contributed by atoms with E-state index in [0.29, 0.717) is 18.7 Å². The highest BCUT2D eigenvalue weighted by atomic mass is 32.1. The summed E-state index contributed by atoms with van der Waals surface area (Å²) in [6, 6.07) is 4.07. The van der Waals surface area contributed by atoms with Crippen LogP contribution < -0.4 is 10.2 Å². The number of anilines is 1. The van der Waals surface area contributed by atoms with Crippen molar-refractivity contribution < 1.29 is 9.32 Å². The summed E-state index contributed by atoms with van der Waals surface area (Å²) in [5, 5.41) is 9.74. The van der Waals surface area contributed by atoms with Gasteiger partial charge in [-0.3, -0.25) is 9.78 Å².